The monoisotopic (exact) mass is 157 g/mol. The van der Waals surface area contributed by atoms with E-state index in [1.807, 2.05) is 13.8 Å². The number of nitrogens with zero attached hydrogens (tertiary/aromatic N) is 1. The fraction of sp³-hybridized carbons (Fsp3) is 0.875. The number of carbonyl (C=O) groups excluding carboxylic acids is 1. The molecule has 2 unspecified atom stereocenters. The van der Waals surface area contributed by atoms with Gasteiger partial charge in [0.2, 0.25) is 5.91 Å². The Bertz CT molecular complexity index is 148. The minimum absolute atomic E-state index is 0.147. The average molecular weight is 157 g/mol. The van der Waals surface area contributed by atoms with Crippen molar-refractivity contribution in [3.8, 4) is 0 Å². The molecule has 1 amide bonds. The average Bonchev–Trinajstić information content (AvgIpc) is 2.31. The fourth-order valence-electron chi connectivity index (χ4n) is 1.38. The van der Waals surface area contributed by atoms with Gasteiger partial charge < -0.3 is 10.0 Å². The van der Waals surface area contributed by atoms with E-state index in [1.165, 1.54) is 0 Å². The van der Waals surface area contributed by atoms with Gasteiger partial charge in [-0.3, -0.25) is 4.79 Å². The minimum Gasteiger partial charge on any atom is -0.391 e. The van der Waals surface area contributed by atoms with Crippen LogP contribution in [0.1, 0.15) is 20.3 Å². The summed E-state index contributed by atoms with van der Waals surface area (Å²) in [4.78, 5) is 12.9. The predicted molar refractivity (Wildman–Crippen MR) is 42.0 cm³/mol. The molecule has 0 aliphatic carbocycles. The summed E-state index contributed by atoms with van der Waals surface area (Å²) in [5.41, 5.74) is 0. The summed E-state index contributed by atoms with van der Waals surface area (Å²) in [6.45, 7) is 5.05. The zero-order valence-electron chi connectivity index (χ0n) is 7.08. The van der Waals surface area contributed by atoms with E-state index in [2.05, 4.69) is 0 Å². The van der Waals surface area contributed by atoms with Crippen LogP contribution in [0.5, 0.6) is 0 Å². The third-order valence-corrected chi connectivity index (χ3v) is 2.23. The molecule has 3 nitrogen and oxygen atoms in total. The highest BCUT2D eigenvalue weighted by atomic mass is 16.3. The second kappa shape index (κ2) is 3.22. The molecule has 0 saturated carbocycles. The smallest absolute Gasteiger partial charge is 0.222 e. The number of aliphatic hydroxyl groups is 1. The van der Waals surface area contributed by atoms with Gasteiger partial charge in [-0.05, 0) is 0 Å². The van der Waals surface area contributed by atoms with Crippen molar-refractivity contribution in [3.63, 3.8) is 0 Å². The molecule has 0 aromatic heterocycles. The van der Waals surface area contributed by atoms with Crippen molar-refractivity contribution < 1.29 is 9.90 Å². The number of hydrogen-bond acceptors (Lipinski definition) is 2. The van der Waals surface area contributed by atoms with E-state index in [9.17, 15) is 9.90 Å². The van der Waals surface area contributed by atoms with E-state index in [1.54, 1.807) is 4.90 Å². The topological polar surface area (TPSA) is 40.5 Å². The Morgan fingerprint density at radius 1 is 1.64 bits per heavy atom. The number of β-amino-alcohol motifs (C(OH)–C–C–N with tert-alkyl or cyclic N) is 1. The van der Waals surface area contributed by atoms with E-state index < -0.39 is 0 Å². The second-order valence-corrected chi connectivity index (χ2v) is 3.20. The van der Waals surface area contributed by atoms with Crippen LogP contribution < -0.4 is 0 Å². The lowest BCUT2D eigenvalue weighted by Gasteiger charge is -2.13. The normalized spacial score (nSPS) is 31.0. The summed E-state index contributed by atoms with van der Waals surface area (Å²) in [6.07, 6.45) is 0.227. The fourth-order valence-corrected chi connectivity index (χ4v) is 1.38. The summed E-state index contributed by atoms with van der Waals surface area (Å²) >= 11 is 0. The SMILES string of the molecule is CCC(=O)N1CC(C)C(O)C1. The first-order valence-electron chi connectivity index (χ1n) is 4.11. The number of amides is 1. The standard InChI is InChI=1S/C8H15NO2/c1-3-8(11)9-4-6(2)7(10)5-9/h6-7,10H,3-5H2,1-2H3. The van der Waals surface area contributed by atoms with Crippen molar-refractivity contribution in [2.75, 3.05) is 13.1 Å². The van der Waals surface area contributed by atoms with Gasteiger partial charge in [0.15, 0.2) is 0 Å². The molecule has 0 aromatic rings. The maximum Gasteiger partial charge on any atom is 0.222 e. The quantitative estimate of drug-likeness (QED) is 0.592. The highest BCUT2D eigenvalue weighted by Crippen LogP contribution is 2.16. The maximum atomic E-state index is 11.1. The molecule has 1 fully saturated rings. The maximum absolute atomic E-state index is 11.1. The molecular weight excluding hydrogens is 142 g/mol. The van der Waals surface area contributed by atoms with E-state index in [0.29, 0.717) is 19.5 Å². The Morgan fingerprint density at radius 3 is 2.64 bits per heavy atom. The van der Waals surface area contributed by atoms with Crippen LogP contribution in [-0.2, 0) is 4.79 Å². The third-order valence-electron chi connectivity index (χ3n) is 2.23. The number of hydrogen-bond donors (Lipinski definition) is 1. The highest BCUT2D eigenvalue weighted by molar-refractivity contribution is 5.76. The first kappa shape index (κ1) is 8.53. The van der Waals surface area contributed by atoms with Gasteiger partial charge in [0, 0.05) is 25.4 Å². The van der Waals surface area contributed by atoms with Crippen molar-refractivity contribution >= 4 is 5.91 Å². The van der Waals surface area contributed by atoms with Crippen molar-refractivity contribution in [2.45, 2.75) is 26.4 Å². The number of rotatable bonds is 1. The van der Waals surface area contributed by atoms with E-state index in [4.69, 9.17) is 0 Å². The zero-order valence-corrected chi connectivity index (χ0v) is 7.08. The molecule has 0 bridgehead atoms. The highest BCUT2D eigenvalue weighted by Gasteiger charge is 2.29. The van der Waals surface area contributed by atoms with Crippen LogP contribution in [0, 0.1) is 5.92 Å². The molecule has 3 heteroatoms. The number of likely N-dealkylation sites (tertiary alicyclic amines) is 1. The lowest BCUT2D eigenvalue weighted by molar-refractivity contribution is -0.130. The summed E-state index contributed by atoms with van der Waals surface area (Å²) in [5.74, 6) is 0.388. The molecule has 1 saturated heterocycles. The minimum atomic E-state index is -0.314. The van der Waals surface area contributed by atoms with Crippen LogP contribution in [-0.4, -0.2) is 35.1 Å². The van der Waals surface area contributed by atoms with Crippen LogP contribution in [0.25, 0.3) is 0 Å². The molecule has 1 N–H and O–H groups in total. The Hall–Kier alpha value is -0.570. The van der Waals surface area contributed by atoms with Crippen LogP contribution in [0.15, 0.2) is 0 Å². The lowest BCUT2D eigenvalue weighted by atomic mass is 10.1. The molecule has 2 atom stereocenters. The Morgan fingerprint density at radius 2 is 2.27 bits per heavy atom. The summed E-state index contributed by atoms with van der Waals surface area (Å²) in [5, 5.41) is 9.32. The predicted octanol–water partition coefficient (Wildman–Crippen LogP) is 0.236. The van der Waals surface area contributed by atoms with Gasteiger partial charge in [-0.1, -0.05) is 13.8 Å². The van der Waals surface area contributed by atoms with Crippen molar-refractivity contribution in [1.82, 2.24) is 4.90 Å². The molecule has 1 aliphatic heterocycles. The van der Waals surface area contributed by atoms with E-state index in [-0.39, 0.29) is 17.9 Å². The molecular formula is C8H15NO2. The number of aliphatic hydroxyl groups excluding tert-OH is 1. The van der Waals surface area contributed by atoms with Crippen molar-refractivity contribution in [1.29, 1.82) is 0 Å². The van der Waals surface area contributed by atoms with Gasteiger partial charge in [-0.15, -0.1) is 0 Å². The largest absolute Gasteiger partial charge is 0.391 e. The Kier molecular flexibility index (Phi) is 2.49. The van der Waals surface area contributed by atoms with Crippen molar-refractivity contribution in [2.24, 2.45) is 5.92 Å². The van der Waals surface area contributed by atoms with Gasteiger partial charge in [-0.25, -0.2) is 0 Å². The third kappa shape index (κ3) is 1.71. The van der Waals surface area contributed by atoms with Gasteiger partial charge in [-0.2, -0.15) is 0 Å². The van der Waals surface area contributed by atoms with Crippen LogP contribution >= 0.6 is 0 Å². The second-order valence-electron chi connectivity index (χ2n) is 3.20. The van der Waals surface area contributed by atoms with E-state index in [0.717, 1.165) is 0 Å². The molecule has 64 valence electrons. The van der Waals surface area contributed by atoms with E-state index >= 15 is 0 Å². The molecule has 0 spiro atoms. The lowest BCUT2D eigenvalue weighted by Crippen LogP contribution is -2.28. The summed E-state index contributed by atoms with van der Waals surface area (Å²) < 4.78 is 0. The first-order chi connectivity index (χ1) is 5.15. The molecule has 11 heavy (non-hydrogen) atoms. The molecule has 0 radical (unpaired) electrons. The Labute approximate surface area is 67.0 Å². The van der Waals surface area contributed by atoms with Crippen LogP contribution in [0.3, 0.4) is 0 Å². The Balaban J connectivity index is 2.46. The van der Waals surface area contributed by atoms with Crippen molar-refractivity contribution in [3.05, 3.63) is 0 Å². The summed E-state index contributed by atoms with van der Waals surface area (Å²) in [6, 6.07) is 0. The van der Waals surface area contributed by atoms with Gasteiger partial charge >= 0.3 is 0 Å². The molecule has 1 aliphatic rings. The zero-order chi connectivity index (χ0) is 8.43. The van der Waals surface area contributed by atoms with Gasteiger partial charge in [0.05, 0.1) is 6.10 Å². The van der Waals surface area contributed by atoms with Crippen LogP contribution in [0.2, 0.25) is 0 Å². The molecule has 1 heterocycles. The molecule has 0 aromatic carbocycles. The van der Waals surface area contributed by atoms with Crippen LogP contribution in [0.4, 0.5) is 0 Å². The molecule has 1 rings (SSSR count). The number of carbonyl (C=O) groups is 1. The van der Waals surface area contributed by atoms with Gasteiger partial charge in [0.1, 0.15) is 0 Å². The van der Waals surface area contributed by atoms with Gasteiger partial charge in [0.25, 0.3) is 0 Å². The summed E-state index contributed by atoms with van der Waals surface area (Å²) in [7, 11) is 0. The first-order valence-corrected chi connectivity index (χ1v) is 4.11.